The average Bonchev–Trinajstić information content (AvgIpc) is 3.69. The van der Waals surface area contributed by atoms with Crippen LogP contribution >= 0.6 is 0 Å². The minimum absolute atomic E-state index is 0.122. The van der Waals surface area contributed by atoms with E-state index in [4.69, 9.17) is 14.2 Å². The predicted molar refractivity (Wildman–Crippen MR) is 356 cm³/mol. The van der Waals surface area contributed by atoms with Crippen molar-refractivity contribution in [1.82, 2.24) is 5.32 Å². The Balaban J connectivity index is 2.54. The van der Waals surface area contributed by atoms with E-state index in [-0.39, 0.29) is 13.0 Å². The summed E-state index contributed by atoms with van der Waals surface area (Å²) in [4.78, 5) is 26.7. The van der Waals surface area contributed by atoms with Crippen LogP contribution in [0.25, 0.3) is 0 Å². The molecule has 1 aliphatic heterocycles. The molecule has 11 nitrogen and oxygen atoms in total. The molecule has 8 atom stereocenters. The van der Waals surface area contributed by atoms with Gasteiger partial charge in [0.1, 0.15) is 24.4 Å². The molecule has 0 aliphatic carbocycles. The summed E-state index contributed by atoms with van der Waals surface area (Å²) in [6.07, 6.45) is 68.3. The van der Waals surface area contributed by atoms with Gasteiger partial charge < -0.3 is 45.1 Å². The van der Waals surface area contributed by atoms with Crippen molar-refractivity contribution in [2.45, 2.75) is 384 Å². The number of unbranched alkanes of at least 4 members (excludes halogenated alkanes) is 40. The quantitative estimate of drug-likeness (QED) is 0.0195. The zero-order valence-electron chi connectivity index (χ0n) is 55.2. The number of hydrogen-bond donors (Lipinski definition) is 6. The molecule has 1 aliphatic rings. The van der Waals surface area contributed by atoms with E-state index in [1.807, 2.05) is 6.08 Å². The maximum atomic E-state index is 13.5. The number of carbonyl (C=O) groups excluding carboxylic acids is 2. The molecule has 0 saturated carbocycles. The van der Waals surface area contributed by atoms with Gasteiger partial charge >= 0.3 is 5.97 Å². The minimum Gasteiger partial charge on any atom is -0.454 e. The number of nitrogens with one attached hydrogen (secondary N) is 1. The Morgan fingerprint density at radius 2 is 0.812 bits per heavy atom. The number of amides is 1. The highest BCUT2D eigenvalue weighted by molar-refractivity contribution is 5.80. The Bertz CT molecular complexity index is 1620. The second kappa shape index (κ2) is 61.6. The largest absolute Gasteiger partial charge is 0.454 e. The molecule has 0 aromatic carbocycles. The predicted octanol–water partition coefficient (Wildman–Crippen LogP) is 18.5. The molecule has 1 rings (SSSR count). The van der Waals surface area contributed by atoms with E-state index in [1.165, 1.54) is 218 Å². The molecule has 0 aromatic rings. The number of hydrogen-bond acceptors (Lipinski definition) is 10. The summed E-state index contributed by atoms with van der Waals surface area (Å²) >= 11 is 0. The van der Waals surface area contributed by atoms with Crippen molar-refractivity contribution in [3.63, 3.8) is 0 Å². The van der Waals surface area contributed by atoms with Crippen molar-refractivity contribution in [1.29, 1.82) is 0 Å². The SMILES string of the molecule is CCCCC/C=C\C/C=C\CCCCCCCCCCCCCCCCC(O)C(=O)NC(COC1OC(CO)C(O)C(O)C1OC(=O)CCCCCCCCCCCCC/C=C\C/C=C\CCCCC)C(O)/C=C/CCCCCCCCCCC. The van der Waals surface area contributed by atoms with E-state index in [9.17, 15) is 35.1 Å². The van der Waals surface area contributed by atoms with Crippen molar-refractivity contribution in [2.75, 3.05) is 13.2 Å². The lowest BCUT2D eigenvalue weighted by atomic mass is 9.99. The smallest absolute Gasteiger partial charge is 0.306 e. The van der Waals surface area contributed by atoms with Crippen molar-refractivity contribution in [3.8, 4) is 0 Å². The standard InChI is InChI=1S/C74H135NO10/c1-4-7-10-13-16-19-22-24-26-28-30-32-33-34-36-37-39-41-43-46-49-52-55-58-61-67(78)73(82)75-65(66(77)60-57-54-51-48-45-21-18-15-12-9-6-3)64-83-74-72(71(81)70(80)68(63-76)84-74)85-69(79)62-59-56-53-50-47-44-42-40-38-35-31-29-27-25-23-20-17-14-11-8-5-2/h16-17,19-20,24-27,57,60,65-68,70-72,74,76-78,80-81H,4-15,18,21-23,28-56,58-59,61-64H2,1-3H3,(H,75,82)/b19-16-,20-17-,26-24-,27-25-,60-57+. The van der Waals surface area contributed by atoms with Crippen LogP contribution in [0, 0.1) is 0 Å². The molecular formula is C74H135NO10. The summed E-state index contributed by atoms with van der Waals surface area (Å²) in [6, 6.07) is -1.02. The molecule has 1 heterocycles. The van der Waals surface area contributed by atoms with Gasteiger partial charge in [0.25, 0.3) is 0 Å². The lowest BCUT2D eigenvalue weighted by Crippen LogP contribution is -2.61. The number of carbonyl (C=O) groups is 2. The summed E-state index contributed by atoms with van der Waals surface area (Å²) in [5.41, 5.74) is 0. The van der Waals surface area contributed by atoms with Gasteiger partial charge in [-0.1, -0.05) is 300 Å². The number of rotatable bonds is 62. The van der Waals surface area contributed by atoms with Crippen molar-refractivity contribution in [3.05, 3.63) is 60.8 Å². The first-order chi connectivity index (χ1) is 41.7. The summed E-state index contributed by atoms with van der Waals surface area (Å²) in [5.74, 6) is -1.19. The monoisotopic (exact) mass is 1200 g/mol. The van der Waals surface area contributed by atoms with Crippen LogP contribution in [0.5, 0.6) is 0 Å². The molecule has 0 radical (unpaired) electrons. The van der Waals surface area contributed by atoms with Crippen molar-refractivity contribution < 1.29 is 49.3 Å². The van der Waals surface area contributed by atoms with Crippen LogP contribution in [0.4, 0.5) is 0 Å². The van der Waals surface area contributed by atoms with Crippen molar-refractivity contribution >= 4 is 11.9 Å². The number of aliphatic hydroxyl groups is 5. The minimum atomic E-state index is -1.61. The van der Waals surface area contributed by atoms with Gasteiger partial charge in [-0.05, 0) is 89.9 Å². The highest BCUT2D eigenvalue weighted by Gasteiger charge is 2.47. The second-order valence-electron chi connectivity index (χ2n) is 25.0. The lowest BCUT2D eigenvalue weighted by molar-refractivity contribution is -0.305. The van der Waals surface area contributed by atoms with E-state index in [1.54, 1.807) is 6.08 Å². The molecule has 0 aromatic heterocycles. The van der Waals surface area contributed by atoms with Crippen LogP contribution < -0.4 is 5.32 Å². The van der Waals surface area contributed by atoms with Crippen LogP contribution in [0.1, 0.15) is 335 Å². The molecule has 6 N–H and O–H groups in total. The van der Waals surface area contributed by atoms with Crippen LogP contribution in [0.3, 0.4) is 0 Å². The maximum absolute atomic E-state index is 13.5. The van der Waals surface area contributed by atoms with Gasteiger partial charge in [-0.25, -0.2) is 0 Å². The van der Waals surface area contributed by atoms with Crippen LogP contribution in [-0.2, 0) is 23.8 Å². The highest BCUT2D eigenvalue weighted by Crippen LogP contribution is 2.26. The Hall–Kier alpha value is -2.64. The van der Waals surface area contributed by atoms with Crippen LogP contribution in [0.15, 0.2) is 60.8 Å². The maximum Gasteiger partial charge on any atom is 0.306 e. The third kappa shape index (κ3) is 48.9. The molecule has 0 bridgehead atoms. The Morgan fingerprint density at radius 3 is 1.22 bits per heavy atom. The molecule has 1 fully saturated rings. The molecule has 1 saturated heterocycles. The normalized spacial score (nSPS) is 18.7. The summed E-state index contributed by atoms with van der Waals surface area (Å²) in [5, 5.41) is 57.2. The van der Waals surface area contributed by atoms with Gasteiger partial charge in [0.05, 0.1) is 25.4 Å². The number of aliphatic hydroxyl groups excluding tert-OH is 5. The van der Waals surface area contributed by atoms with E-state index in [2.05, 4.69) is 74.7 Å². The van der Waals surface area contributed by atoms with Gasteiger partial charge in [0.15, 0.2) is 12.4 Å². The van der Waals surface area contributed by atoms with E-state index < -0.39 is 67.4 Å². The van der Waals surface area contributed by atoms with Crippen LogP contribution in [0.2, 0.25) is 0 Å². The Morgan fingerprint density at radius 1 is 0.459 bits per heavy atom. The first kappa shape index (κ1) is 80.4. The fourth-order valence-corrected chi connectivity index (χ4v) is 11.2. The number of ether oxygens (including phenoxy) is 3. The zero-order chi connectivity index (χ0) is 61.7. The molecule has 85 heavy (non-hydrogen) atoms. The summed E-state index contributed by atoms with van der Waals surface area (Å²) < 4.78 is 17.7. The van der Waals surface area contributed by atoms with Gasteiger partial charge in [0, 0.05) is 6.42 Å². The topological polar surface area (TPSA) is 175 Å². The zero-order valence-corrected chi connectivity index (χ0v) is 55.2. The first-order valence-electron chi connectivity index (χ1n) is 36.1. The summed E-state index contributed by atoms with van der Waals surface area (Å²) in [7, 11) is 0. The Kier molecular flexibility index (Phi) is 58.2. The fraction of sp³-hybridized carbons (Fsp3) is 0.838. The van der Waals surface area contributed by atoms with E-state index in [0.29, 0.717) is 19.3 Å². The highest BCUT2D eigenvalue weighted by atomic mass is 16.7. The first-order valence-corrected chi connectivity index (χ1v) is 36.1. The molecule has 496 valence electrons. The third-order valence-electron chi connectivity index (χ3n) is 16.9. The van der Waals surface area contributed by atoms with E-state index in [0.717, 1.165) is 70.6 Å². The lowest BCUT2D eigenvalue weighted by Gasteiger charge is -2.41. The molecule has 0 spiro atoms. The molecule has 8 unspecified atom stereocenters. The van der Waals surface area contributed by atoms with Crippen molar-refractivity contribution in [2.24, 2.45) is 0 Å². The second-order valence-corrected chi connectivity index (χ2v) is 25.0. The average molecular weight is 1200 g/mol. The van der Waals surface area contributed by atoms with Gasteiger partial charge in [0.2, 0.25) is 5.91 Å². The Labute approximate surface area is 522 Å². The van der Waals surface area contributed by atoms with Gasteiger partial charge in [-0.15, -0.1) is 0 Å². The molecule has 1 amide bonds. The van der Waals surface area contributed by atoms with Gasteiger partial charge in [-0.2, -0.15) is 0 Å². The van der Waals surface area contributed by atoms with E-state index >= 15 is 0 Å². The summed E-state index contributed by atoms with van der Waals surface area (Å²) in [6.45, 7) is 5.77. The molecule has 11 heteroatoms. The molecular weight excluding hydrogens is 1060 g/mol. The van der Waals surface area contributed by atoms with Gasteiger partial charge in [-0.3, -0.25) is 9.59 Å². The number of allylic oxidation sites excluding steroid dienone is 9. The third-order valence-corrected chi connectivity index (χ3v) is 16.9. The fourth-order valence-electron chi connectivity index (χ4n) is 11.2. The van der Waals surface area contributed by atoms with Crippen LogP contribution in [-0.4, -0.2) is 99.6 Å². The number of esters is 1.